The van der Waals surface area contributed by atoms with Gasteiger partial charge < -0.3 is 15.1 Å². The number of carbonyl (C=O) groups is 1. The van der Waals surface area contributed by atoms with Crippen molar-refractivity contribution in [3.8, 4) is 5.75 Å². The van der Waals surface area contributed by atoms with Crippen LogP contribution in [-0.4, -0.2) is 40.2 Å². The standard InChI is InChI=1S/C7H13NO2.C6H4Cl2O/c1-6(9)7(10)8-4-2-3-5-8;7-5-2-1-4(9)3-6(5)8/h6,9H,2-5H2,1H3;1-3,9H. The maximum Gasteiger partial charge on any atom is 0.251 e. The molecule has 1 atom stereocenters. The fraction of sp³-hybridized carbons (Fsp3) is 0.462. The van der Waals surface area contributed by atoms with Gasteiger partial charge in [0.1, 0.15) is 11.9 Å². The number of halogens is 2. The monoisotopic (exact) mass is 305 g/mol. The Morgan fingerprint density at radius 1 is 1.26 bits per heavy atom. The van der Waals surface area contributed by atoms with Crippen molar-refractivity contribution < 1.29 is 15.0 Å². The zero-order valence-corrected chi connectivity index (χ0v) is 12.2. The average Bonchev–Trinajstić information content (AvgIpc) is 2.87. The molecule has 1 saturated heterocycles. The molecule has 2 N–H and O–H groups in total. The van der Waals surface area contributed by atoms with Crippen LogP contribution in [0.25, 0.3) is 0 Å². The number of benzene rings is 1. The lowest BCUT2D eigenvalue weighted by molar-refractivity contribution is -0.138. The third-order valence-corrected chi connectivity index (χ3v) is 3.42. The number of aliphatic hydroxyl groups excluding tert-OH is 1. The molecular formula is C13H17Cl2NO3. The first-order valence-corrected chi connectivity index (χ1v) is 6.78. The summed E-state index contributed by atoms with van der Waals surface area (Å²) in [6, 6.07) is 4.41. The van der Waals surface area contributed by atoms with E-state index in [4.69, 9.17) is 33.4 Å². The molecule has 1 unspecified atom stereocenters. The van der Waals surface area contributed by atoms with Crippen LogP contribution < -0.4 is 0 Å². The summed E-state index contributed by atoms with van der Waals surface area (Å²) in [5.74, 6) is 0.00176. The molecule has 19 heavy (non-hydrogen) atoms. The van der Waals surface area contributed by atoms with Gasteiger partial charge in [0.05, 0.1) is 10.0 Å². The Balaban J connectivity index is 0.000000191. The van der Waals surface area contributed by atoms with Gasteiger partial charge in [0, 0.05) is 13.1 Å². The van der Waals surface area contributed by atoms with Crippen molar-refractivity contribution in [1.82, 2.24) is 4.90 Å². The smallest absolute Gasteiger partial charge is 0.251 e. The molecule has 1 aromatic carbocycles. The first-order chi connectivity index (χ1) is 8.91. The molecule has 0 aromatic heterocycles. The second kappa shape index (κ2) is 7.58. The fourth-order valence-electron chi connectivity index (χ4n) is 1.69. The Morgan fingerprint density at radius 3 is 2.26 bits per heavy atom. The second-order valence-electron chi connectivity index (χ2n) is 4.31. The third kappa shape index (κ3) is 5.27. The van der Waals surface area contributed by atoms with Crippen molar-refractivity contribution in [2.45, 2.75) is 25.9 Å². The number of phenols is 1. The lowest BCUT2D eigenvalue weighted by atomic mass is 10.3. The molecule has 1 aromatic rings. The minimum Gasteiger partial charge on any atom is -0.508 e. The molecule has 1 aliphatic rings. The fourth-order valence-corrected chi connectivity index (χ4v) is 1.98. The highest BCUT2D eigenvalue weighted by Crippen LogP contribution is 2.25. The predicted molar refractivity (Wildman–Crippen MR) is 75.6 cm³/mol. The average molecular weight is 306 g/mol. The number of aliphatic hydroxyl groups is 1. The summed E-state index contributed by atoms with van der Waals surface area (Å²) in [5.41, 5.74) is 0. The molecule has 0 aliphatic carbocycles. The first kappa shape index (κ1) is 16.1. The van der Waals surface area contributed by atoms with Crippen LogP contribution in [-0.2, 0) is 4.79 Å². The molecule has 0 bridgehead atoms. The van der Waals surface area contributed by atoms with Gasteiger partial charge in [-0.2, -0.15) is 0 Å². The van der Waals surface area contributed by atoms with Crippen LogP contribution >= 0.6 is 23.2 Å². The van der Waals surface area contributed by atoms with E-state index in [1.807, 2.05) is 0 Å². The van der Waals surface area contributed by atoms with E-state index in [0.717, 1.165) is 25.9 Å². The molecule has 6 heteroatoms. The van der Waals surface area contributed by atoms with Gasteiger partial charge in [-0.25, -0.2) is 0 Å². The molecule has 1 heterocycles. The molecule has 4 nitrogen and oxygen atoms in total. The van der Waals surface area contributed by atoms with Crippen LogP contribution in [0, 0.1) is 0 Å². The molecule has 0 spiro atoms. The van der Waals surface area contributed by atoms with Crippen LogP contribution in [0.4, 0.5) is 0 Å². The van der Waals surface area contributed by atoms with Gasteiger partial charge in [-0.15, -0.1) is 0 Å². The maximum atomic E-state index is 11.0. The van der Waals surface area contributed by atoms with Crippen LogP contribution in [0.15, 0.2) is 18.2 Å². The number of carbonyl (C=O) groups excluding carboxylic acids is 1. The van der Waals surface area contributed by atoms with Gasteiger partial charge in [0.25, 0.3) is 5.91 Å². The Morgan fingerprint density at radius 2 is 1.84 bits per heavy atom. The highest BCUT2D eigenvalue weighted by Gasteiger charge is 2.20. The van der Waals surface area contributed by atoms with E-state index in [1.165, 1.54) is 19.1 Å². The van der Waals surface area contributed by atoms with E-state index in [-0.39, 0.29) is 11.7 Å². The summed E-state index contributed by atoms with van der Waals surface area (Å²) in [4.78, 5) is 12.7. The van der Waals surface area contributed by atoms with E-state index >= 15 is 0 Å². The SMILES string of the molecule is CC(O)C(=O)N1CCCC1.Oc1ccc(Cl)c(Cl)c1. The van der Waals surface area contributed by atoms with Crippen LogP contribution in [0.2, 0.25) is 10.0 Å². The van der Waals surface area contributed by atoms with E-state index < -0.39 is 6.10 Å². The summed E-state index contributed by atoms with van der Waals surface area (Å²) >= 11 is 11.1. The quantitative estimate of drug-likeness (QED) is 0.838. The Kier molecular flexibility index (Phi) is 6.42. The number of hydrogen-bond acceptors (Lipinski definition) is 3. The molecule has 0 radical (unpaired) electrons. The number of phenolic OH excluding ortho intramolecular Hbond substituents is 1. The molecule has 2 rings (SSSR count). The first-order valence-electron chi connectivity index (χ1n) is 6.02. The van der Waals surface area contributed by atoms with Gasteiger partial charge in [-0.05, 0) is 38.0 Å². The van der Waals surface area contributed by atoms with E-state index in [1.54, 1.807) is 11.0 Å². The summed E-state index contributed by atoms with van der Waals surface area (Å²) < 4.78 is 0. The summed E-state index contributed by atoms with van der Waals surface area (Å²) in [7, 11) is 0. The van der Waals surface area contributed by atoms with Gasteiger partial charge in [-0.1, -0.05) is 23.2 Å². The van der Waals surface area contributed by atoms with E-state index in [9.17, 15) is 4.79 Å². The lowest BCUT2D eigenvalue weighted by Crippen LogP contribution is -2.35. The topological polar surface area (TPSA) is 60.8 Å². The van der Waals surface area contributed by atoms with Gasteiger partial charge in [0.2, 0.25) is 0 Å². The lowest BCUT2D eigenvalue weighted by Gasteiger charge is -2.16. The van der Waals surface area contributed by atoms with Crippen molar-refractivity contribution in [2.24, 2.45) is 0 Å². The number of likely N-dealkylation sites (tertiary alicyclic amines) is 1. The molecule has 1 amide bonds. The van der Waals surface area contributed by atoms with Gasteiger partial charge in [0.15, 0.2) is 0 Å². The predicted octanol–water partition coefficient (Wildman–Crippen LogP) is 2.69. The van der Waals surface area contributed by atoms with Gasteiger partial charge in [-0.3, -0.25) is 4.79 Å². The largest absolute Gasteiger partial charge is 0.508 e. The molecule has 1 aliphatic heterocycles. The highest BCUT2D eigenvalue weighted by molar-refractivity contribution is 6.42. The zero-order valence-electron chi connectivity index (χ0n) is 10.6. The van der Waals surface area contributed by atoms with E-state index in [0.29, 0.717) is 10.0 Å². The van der Waals surface area contributed by atoms with Crippen molar-refractivity contribution >= 4 is 29.1 Å². The third-order valence-electron chi connectivity index (χ3n) is 2.68. The molecule has 1 fully saturated rings. The Bertz CT molecular complexity index is 432. The highest BCUT2D eigenvalue weighted by atomic mass is 35.5. The Hall–Kier alpha value is -0.970. The van der Waals surface area contributed by atoms with Crippen molar-refractivity contribution in [3.63, 3.8) is 0 Å². The number of hydrogen-bond donors (Lipinski definition) is 2. The second-order valence-corrected chi connectivity index (χ2v) is 5.12. The van der Waals surface area contributed by atoms with Crippen molar-refractivity contribution in [3.05, 3.63) is 28.2 Å². The summed E-state index contributed by atoms with van der Waals surface area (Å²) in [5, 5.41) is 18.5. The summed E-state index contributed by atoms with van der Waals surface area (Å²) in [6.07, 6.45) is 1.34. The molecule has 106 valence electrons. The minimum absolute atomic E-state index is 0.127. The number of nitrogens with zero attached hydrogens (tertiary/aromatic N) is 1. The van der Waals surface area contributed by atoms with E-state index in [2.05, 4.69) is 0 Å². The van der Waals surface area contributed by atoms with Crippen LogP contribution in [0.3, 0.4) is 0 Å². The molecule has 0 saturated carbocycles. The maximum absolute atomic E-state index is 11.0. The minimum atomic E-state index is -0.821. The summed E-state index contributed by atoms with van der Waals surface area (Å²) in [6.45, 7) is 3.16. The number of aromatic hydroxyl groups is 1. The van der Waals surface area contributed by atoms with Gasteiger partial charge >= 0.3 is 0 Å². The molecular weight excluding hydrogens is 289 g/mol. The van der Waals surface area contributed by atoms with Crippen molar-refractivity contribution in [1.29, 1.82) is 0 Å². The Labute approximate surface area is 122 Å². The number of amides is 1. The van der Waals surface area contributed by atoms with Crippen molar-refractivity contribution in [2.75, 3.05) is 13.1 Å². The van der Waals surface area contributed by atoms with Crippen LogP contribution in [0.1, 0.15) is 19.8 Å². The normalized spacial score (nSPS) is 15.7. The number of rotatable bonds is 1. The van der Waals surface area contributed by atoms with Crippen LogP contribution in [0.5, 0.6) is 5.75 Å². The zero-order chi connectivity index (χ0) is 14.4.